The van der Waals surface area contributed by atoms with Crippen LogP contribution in [-0.2, 0) is 6.54 Å². The predicted molar refractivity (Wildman–Crippen MR) is 104 cm³/mol. The van der Waals surface area contributed by atoms with Gasteiger partial charge in [-0.3, -0.25) is 9.36 Å². The number of rotatable bonds is 4. The molecular weight excluding hydrogens is 384 g/mol. The van der Waals surface area contributed by atoms with Crippen LogP contribution in [0.4, 0.5) is 0 Å². The van der Waals surface area contributed by atoms with Gasteiger partial charge in [-0.1, -0.05) is 48.0 Å². The van der Waals surface area contributed by atoms with Gasteiger partial charge in [-0.15, -0.1) is 11.3 Å². The first-order valence-electron chi connectivity index (χ1n) is 8.06. The van der Waals surface area contributed by atoms with Crippen molar-refractivity contribution in [3.05, 3.63) is 86.7 Å². The normalized spacial score (nSPS) is 11.0. The first-order valence-corrected chi connectivity index (χ1v) is 9.31. The van der Waals surface area contributed by atoms with Gasteiger partial charge < -0.3 is 9.90 Å². The lowest BCUT2D eigenvalue weighted by atomic mass is 10.1. The zero-order chi connectivity index (χ0) is 19.0. The van der Waals surface area contributed by atoms with Crippen LogP contribution < -0.4 is 10.7 Å². The number of aromatic carboxylic acids is 1. The van der Waals surface area contributed by atoms with Gasteiger partial charge in [0.2, 0.25) is 0 Å². The van der Waals surface area contributed by atoms with Crippen molar-refractivity contribution in [3.63, 3.8) is 0 Å². The van der Waals surface area contributed by atoms with E-state index in [-0.39, 0.29) is 11.1 Å². The largest absolute Gasteiger partial charge is 0.545 e. The van der Waals surface area contributed by atoms with Crippen LogP contribution in [0.3, 0.4) is 0 Å². The number of nitrogens with zero attached hydrogens (tertiary/aromatic N) is 2. The second-order valence-electron chi connectivity index (χ2n) is 6.00. The number of carboxylic acids is 1. The molecule has 0 bridgehead atoms. The molecule has 4 rings (SSSR count). The topological polar surface area (TPSA) is 75.0 Å². The van der Waals surface area contributed by atoms with Crippen molar-refractivity contribution in [3.8, 4) is 11.1 Å². The van der Waals surface area contributed by atoms with E-state index in [1.54, 1.807) is 24.3 Å². The van der Waals surface area contributed by atoms with Crippen LogP contribution in [0, 0.1) is 0 Å². The lowest BCUT2D eigenvalue weighted by molar-refractivity contribution is -0.255. The summed E-state index contributed by atoms with van der Waals surface area (Å²) in [6.07, 6.45) is 1.51. The third-order valence-corrected chi connectivity index (χ3v) is 5.40. The Kier molecular flexibility index (Phi) is 4.51. The van der Waals surface area contributed by atoms with Gasteiger partial charge in [-0.05, 0) is 28.8 Å². The molecule has 2 aromatic carbocycles. The summed E-state index contributed by atoms with van der Waals surface area (Å²) in [5, 5.41) is 14.0. The average Bonchev–Trinajstić information content (AvgIpc) is 3.10. The second kappa shape index (κ2) is 6.98. The first kappa shape index (κ1) is 17.5. The van der Waals surface area contributed by atoms with Gasteiger partial charge in [0.05, 0.1) is 24.2 Å². The van der Waals surface area contributed by atoms with Gasteiger partial charge in [0.15, 0.2) is 0 Å². The number of thiophene rings is 1. The van der Waals surface area contributed by atoms with Crippen LogP contribution in [0.5, 0.6) is 0 Å². The van der Waals surface area contributed by atoms with E-state index < -0.39 is 5.97 Å². The Hall–Kier alpha value is -2.96. The average molecular weight is 396 g/mol. The lowest BCUT2D eigenvalue weighted by Gasteiger charge is -2.08. The fourth-order valence-electron chi connectivity index (χ4n) is 2.87. The summed E-state index contributed by atoms with van der Waals surface area (Å²) in [5.74, 6) is -1.23. The highest BCUT2D eigenvalue weighted by atomic mass is 35.5. The molecule has 0 saturated heterocycles. The molecule has 0 amide bonds. The van der Waals surface area contributed by atoms with E-state index in [2.05, 4.69) is 4.98 Å². The molecule has 0 fully saturated rings. The number of carbonyl (C=O) groups is 1. The van der Waals surface area contributed by atoms with Crippen molar-refractivity contribution >= 4 is 39.1 Å². The van der Waals surface area contributed by atoms with Crippen LogP contribution in [0.15, 0.2) is 65.0 Å². The molecule has 4 aromatic rings. The zero-order valence-electron chi connectivity index (χ0n) is 13.9. The van der Waals surface area contributed by atoms with Crippen molar-refractivity contribution < 1.29 is 9.90 Å². The van der Waals surface area contributed by atoms with Gasteiger partial charge in [0, 0.05) is 16.0 Å². The summed E-state index contributed by atoms with van der Waals surface area (Å²) < 4.78 is 1.52. The van der Waals surface area contributed by atoms with Crippen LogP contribution in [0.1, 0.15) is 15.9 Å². The summed E-state index contributed by atoms with van der Waals surface area (Å²) in [6.45, 7) is 0.297. The molecule has 5 nitrogen and oxygen atoms in total. The highest BCUT2D eigenvalue weighted by Crippen LogP contribution is 2.31. The third-order valence-electron chi connectivity index (χ3n) is 4.26. The Balaban J connectivity index is 1.75. The summed E-state index contributed by atoms with van der Waals surface area (Å²) in [4.78, 5) is 29.0. The monoisotopic (exact) mass is 395 g/mol. The Morgan fingerprint density at radius 2 is 1.81 bits per heavy atom. The first-order chi connectivity index (χ1) is 13.0. The van der Waals surface area contributed by atoms with E-state index in [1.807, 2.05) is 17.5 Å². The quantitative estimate of drug-likeness (QED) is 0.531. The molecule has 7 heteroatoms. The molecule has 0 radical (unpaired) electrons. The summed E-state index contributed by atoms with van der Waals surface area (Å²) in [7, 11) is 0. The van der Waals surface area contributed by atoms with E-state index in [4.69, 9.17) is 11.6 Å². The summed E-state index contributed by atoms with van der Waals surface area (Å²) in [6, 6.07) is 13.6. The molecule has 0 N–H and O–H groups in total. The molecule has 2 heterocycles. The summed E-state index contributed by atoms with van der Waals surface area (Å²) >= 11 is 7.37. The van der Waals surface area contributed by atoms with E-state index in [9.17, 15) is 14.7 Å². The Bertz CT molecular complexity index is 1190. The van der Waals surface area contributed by atoms with Crippen molar-refractivity contribution in [2.45, 2.75) is 6.54 Å². The lowest BCUT2D eigenvalue weighted by Crippen LogP contribution is -2.22. The summed E-state index contributed by atoms with van der Waals surface area (Å²) in [5.41, 5.74) is 2.48. The molecule has 0 aliphatic rings. The van der Waals surface area contributed by atoms with Gasteiger partial charge in [-0.2, -0.15) is 0 Å². The van der Waals surface area contributed by atoms with Crippen LogP contribution in [0.2, 0.25) is 5.02 Å². The van der Waals surface area contributed by atoms with Crippen molar-refractivity contribution in [1.29, 1.82) is 0 Å². The molecule has 0 saturated carbocycles. The molecular formula is C20H12ClN2O3S-. The second-order valence-corrected chi connectivity index (χ2v) is 7.29. The number of aromatic nitrogens is 2. The zero-order valence-corrected chi connectivity index (χ0v) is 15.5. The van der Waals surface area contributed by atoms with E-state index in [0.29, 0.717) is 21.8 Å². The van der Waals surface area contributed by atoms with E-state index in [0.717, 1.165) is 16.7 Å². The minimum atomic E-state index is -1.23. The van der Waals surface area contributed by atoms with Crippen molar-refractivity contribution in [2.24, 2.45) is 0 Å². The molecule has 0 unspecified atom stereocenters. The SMILES string of the molecule is O=C([O-])c1ccc(Cn2cnc3scc(-c4ccc(Cl)cc4)c3c2=O)cc1. The van der Waals surface area contributed by atoms with Gasteiger partial charge in [-0.25, -0.2) is 4.98 Å². The van der Waals surface area contributed by atoms with Gasteiger partial charge in [0.25, 0.3) is 5.56 Å². The molecule has 0 aliphatic carbocycles. The minimum Gasteiger partial charge on any atom is -0.545 e. The Morgan fingerprint density at radius 3 is 2.48 bits per heavy atom. The standard InChI is InChI=1S/C20H13ClN2O3S/c21-15-7-5-13(6-8-15)16-10-27-18-17(16)19(24)23(11-22-18)9-12-1-3-14(4-2-12)20(25)26/h1-8,10-11H,9H2,(H,25,26)/p-1. The van der Waals surface area contributed by atoms with E-state index in [1.165, 1.54) is 34.4 Å². The number of carboxylic acid groups (broad SMARTS) is 1. The highest BCUT2D eigenvalue weighted by molar-refractivity contribution is 7.17. The van der Waals surface area contributed by atoms with Crippen LogP contribution in [0.25, 0.3) is 21.3 Å². The fraction of sp³-hybridized carbons (Fsp3) is 0.0500. The van der Waals surface area contributed by atoms with Crippen molar-refractivity contribution in [2.75, 3.05) is 0 Å². The number of benzene rings is 2. The minimum absolute atomic E-state index is 0.0996. The highest BCUT2D eigenvalue weighted by Gasteiger charge is 2.13. The Morgan fingerprint density at radius 1 is 1.11 bits per heavy atom. The molecule has 134 valence electrons. The maximum atomic E-state index is 13.0. The predicted octanol–water partition coefficient (Wildman–Crippen LogP) is 3.19. The van der Waals surface area contributed by atoms with Crippen LogP contribution >= 0.6 is 22.9 Å². The van der Waals surface area contributed by atoms with Gasteiger partial charge in [0.1, 0.15) is 4.83 Å². The molecule has 27 heavy (non-hydrogen) atoms. The molecule has 0 spiro atoms. The smallest absolute Gasteiger partial charge is 0.263 e. The molecule has 0 aliphatic heterocycles. The maximum absolute atomic E-state index is 13.0. The third kappa shape index (κ3) is 3.37. The van der Waals surface area contributed by atoms with Crippen LogP contribution in [-0.4, -0.2) is 15.5 Å². The maximum Gasteiger partial charge on any atom is 0.263 e. The number of hydrogen-bond acceptors (Lipinski definition) is 5. The number of carbonyl (C=O) groups excluding carboxylic acids is 1. The fourth-order valence-corrected chi connectivity index (χ4v) is 3.90. The van der Waals surface area contributed by atoms with Gasteiger partial charge >= 0.3 is 0 Å². The number of halogens is 1. The van der Waals surface area contributed by atoms with Crippen molar-refractivity contribution in [1.82, 2.24) is 9.55 Å². The number of hydrogen-bond donors (Lipinski definition) is 0. The molecule has 2 aromatic heterocycles. The number of fused-ring (bicyclic) bond motifs is 1. The van der Waals surface area contributed by atoms with E-state index >= 15 is 0 Å². The molecule has 0 atom stereocenters. The Labute approximate surface area is 163 Å².